The highest BCUT2D eigenvalue weighted by Crippen LogP contribution is 2.34. The van der Waals surface area contributed by atoms with E-state index in [1.165, 1.54) is 0 Å². The van der Waals surface area contributed by atoms with Gasteiger partial charge < -0.3 is 11.1 Å². The molecule has 1 fully saturated rings. The molecule has 1 aromatic carbocycles. The Morgan fingerprint density at radius 1 is 1.20 bits per heavy atom. The average Bonchev–Trinajstić information content (AvgIpc) is 3.06. The monoisotopic (exact) mass is 357 g/mol. The van der Waals surface area contributed by atoms with E-state index >= 15 is 0 Å². The number of rotatable bonds is 3. The Morgan fingerprint density at radius 2 is 2.00 bits per heavy atom. The summed E-state index contributed by atoms with van der Waals surface area (Å²) in [6.07, 6.45) is 5.63. The highest BCUT2D eigenvalue weighted by Gasteiger charge is 2.22. The van der Waals surface area contributed by atoms with Crippen LogP contribution in [0, 0.1) is 0 Å². The minimum absolute atomic E-state index is 0. The lowest BCUT2D eigenvalue weighted by molar-refractivity contribution is 0.100. The largest absolute Gasteiger partial charge is 0.366 e. The topological polar surface area (TPSA) is 96.7 Å². The molecule has 0 atom stereocenters. The van der Waals surface area contributed by atoms with Crippen LogP contribution in [0.5, 0.6) is 0 Å². The second-order valence-corrected chi connectivity index (χ2v) is 6.19. The van der Waals surface area contributed by atoms with Crippen molar-refractivity contribution in [1.82, 2.24) is 20.5 Å². The molecule has 130 valence electrons. The van der Waals surface area contributed by atoms with Crippen molar-refractivity contribution in [2.24, 2.45) is 5.73 Å². The van der Waals surface area contributed by atoms with E-state index in [2.05, 4.69) is 26.6 Å². The fourth-order valence-corrected chi connectivity index (χ4v) is 3.45. The van der Waals surface area contributed by atoms with Crippen molar-refractivity contribution < 1.29 is 4.79 Å². The zero-order valence-electron chi connectivity index (χ0n) is 13.7. The number of primary amides is 1. The molecule has 1 saturated heterocycles. The summed E-state index contributed by atoms with van der Waals surface area (Å²) in [5.41, 5.74) is 9.69. The summed E-state index contributed by atoms with van der Waals surface area (Å²) < 4.78 is 0. The predicted molar refractivity (Wildman–Crippen MR) is 99.9 cm³/mol. The SMILES string of the molecule is Cl.NC(=O)c1cc(-c2cccnc2)cc2c(C3CCNCC3)[nH]nc12. The third-order valence-corrected chi connectivity index (χ3v) is 4.70. The average molecular weight is 358 g/mol. The number of nitrogens with one attached hydrogen (secondary N) is 2. The van der Waals surface area contributed by atoms with E-state index in [-0.39, 0.29) is 12.4 Å². The number of hydrogen-bond acceptors (Lipinski definition) is 4. The number of nitrogens with two attached hydrogens (primary N) is 1. The molecule has 3 heterocycles. The number of hydrogen-bond donors (Lipinski definition) is 3. The number of fused-ring (bicyclic) bond motifs is 1. The van der Waals surface area contributed by atoms with Gasteiger partial charge in [-0.05, 0) is 49.7 Å². The zero-order valence-corrected chi connectivity index (χ0v) is 14.5. The summed E-state index contributed by atoms with van der Waals surface area (Å²) in [5, 5.41) is 11.9. The van der Waals surface area contributed by atoms with Gasteiger partial charge in [-0.2, -0.15) is 5.10 Å². The molecular weight excluding hydrogens is 338 g/mol. The van der Waals surface area contributed by atoms with Crippen LogP contribution >= 0.6 is 12.4 Å². The van der Waals surface area contributed by atoms with Crippen LogP contribution in [0.4, 0.5) is 0 Å². The van der Waals surface area contributed by atoms with Crippen molar-refractivity contribution in [1.29, 1.82) is 0 Å². The van der Waals surface area contributed by atoms with Crippen LogP contribution in [-0.4, -0.2) is 34.2 Å². The van der Waals surface area contributed by atoms with E-state index in [4.69, 9.17) is 5.73 Å². The lowest BCUT2D eigenvalue weighted by Crippen LogP contribution is -2.26. The molecular formula is C18H20ClN5O. The van der Waals surface area contributed by atoms with Crippen molar-refractivity contribution in [3.63, 3.8) is 0 Å². The van der Waals surface area contributed by atoms with Crippen molar-refractivity contribution in [3.8, 4) is 11.1 Å². The molecule has 1 aliphatic rings. The molecule has 2 aromatic heterocycles. The van der Waals surface area contributed by atoms with Crippen LogP contribution in [0.2, 0.25) is 0 Å². The van der Waals surface area contributed by atoms with Gasteiger partial charge in [0.1, 0.15) is 5.52 Å². The molecule has 6 nitrogen and oxygen atoms in total. The van der Waals surface area contributed by atoms with Gasteiger partial charge >= 0.3 is 0 Å². The van der Waals surface area contributed by atoms with Crippen molar-refractivity contribution in [2.45, 2.75) is 18.8 Å². The van der Waals surface area contributed by atoms with Gasteiger partial charge in [0.15, 0.2) is 0 Å². The molecule has 4 rings (SSSR count). The molecule has 0 saturated carbocycles. The molecule has 7 heteroatoms. The second-order valence-electron chi connectivity index (χ2n) is 6.19. The van der Waals surface area contributed by atoms with Crippen molar-refractivity contribution >= 4 is 29.2 Å². The summed E-state index contributed by atoms with van der Waals surface area (Å²) in [7, 11) is 0. The number of nitrogens with zero attached hydrogens (tertiary/aromatic N) is 2. The number of carbonyl (C=O) groups excluding carboxylic acids is 1. The van der Waals surface area contributed by atoms with Gasteiger partial charge in [0.25, 0.3) is 5.91 Å². The predicted octanol–water partition coefficient (Wildman–Crippen LogP) is 2.61. The Labute approximate surface area is 151 Å². The van der Waals surface area contributed by atoms with Gasteiger partial charge in [0.05, 0.1) is 5.56 Å². The summed E-state index contributed by atoms with van der Waals surface area (Å²) in [5.74, 6) is -0.0461. The van der Waals surface area contributed by atoms with Crippen molar-refractivity contribution in [2.75, 3.05) is 13.1 Å². The first kappa shape index (κ1) is 17.4. The molecule has 3 aromatic rings. The van der Waals surface area contributed by atoms with Crippen molar-refractivity contribution in [3.05, 3.63) is 47.9 Å². The highest BCUT2D eigenvalue weighted by atomic mass is 35.5. The lowest BCUT2D eigenvalue weighted by Gasteiger charge is -2.21. The molecule has 25 heavy (non-hydrogen) atoms. The normalized spacial score (nSPS) is 15.0. The second kappa shape index (κ2) is 7.21. The van der Waals surface area contributed by atoms with E-state index in [1.54, 1.807) is 18.5 Å². The van der Waals surface area contributed by atoms with Crippen LogP contribution in [0.1, 0.15) is 34.8 Å². The Hall–Kier alpha value is -2.44. The summed E-state index contributed by atoms with van der Waals surface area (Å²) in [6.45, 7) is 1.99. The molecule has 0 unspecified atom stereocenters. The first-order valence-corrected chi connectivity index (χ1v) is 8.17. The molecule has 1 aliphatic heterocycles. The first-order valence-electron chi connectivity index (χ1n) is 8.17. The smallest absolute Gasteiger partial charge is 0.251 e. The van der Waals surface area contributed by atoms with Crippen LogP contribution in [0.25, 0.3) is 22.0 Å². The maximum atomic E-state index is 11.9. The standard InChI is InChI=1S/C18H19N5O.ClH/c19-18(24)15-9-13(12-2-1-5-21-10-12)8-14-16(22-23-17(14)15)11-3-6-20-7-4-11;/h1-2,5,8-11,20H,3-4,6-7H2,(H2,19,24)(H,22,23);1H. The number of benzene rings is 1. The van der Waals surface area contributed by atoms with Crippen LogP contribution in [-0.2, 0) is 0 Å². The molecule has 1 amide bonds. The highest BCUT2D eigenvalue weighted by molar-refractivity contribution is 6.07. The molecule has 0 radical (unpaired) electrons. The van der Waals surface area contributed by atoms with Crippen LogP contribution in [0.3, 0.4) is 0 Å². The molecule has 4 N–H and O–H groups in total. The number of pyridine rings is 1. The summed E-state index contributed by atoms with van der Waals surface area (Å²) in [6, 6.07) is 7.74. The fraction of sp³-hybridized carbons (Fsp3) is 0.278. The van der Waals surface area contributed by atoms with Crippen LogP contribution in [0.15, 0.2) is 36.7 Å². The van der Waals surface area contributed by atoms with Gasteiger partial charge in [-0.1, -0.05) is 6.07 Å². The third-order valence-electron chi connectivity index (χ3n) is 4.70. The van der Waals surface area contributed by atoms with E-state index in [0.29, 0.717) is 17.0 Å². The Balaban J connectivity index is 0.00000182. The van der Waals surface area contributed by atoms with E-state index in [0.717, 1.165) is 48.1 Å². The number of carbonyl (C=O) groups is 1. The first-order chi connectivity index (χ1) is 11.7. The van der Waals surface area contributed by atoms with E-state index in [9.17, 15) is 4.79 Å². The lowest BCUT2D eigenvalue weighted by atomic mass is 9.91. The molecule has 0 bridgehead atoms. The molecule has 0 spiro atoms. The number of halogens is 1. The minimum Gasteiger partial charge on any atom is -0.366 e. The number of H-pyrrole nitrogens is 1. The zero-order chi connectivity index (χ0) is 16.5. The van der Waals surface area contributed by atoms with Gasteiger partial charge in [0.2, 0.25) is 0 Å². The third kappa shape index (κ3) is 3.23. The Bertz CT molecular complexity index is 887. The number of amides is 1. The van der Waals surface area contributed by atoms with E-state index in [1.807, 2.05) is 12.1 Å². The van der Waals surface area contributed by atoms with Gasteiger partial charge in [0, 0.05) is 35.0 Å². The minimum atomic E-state index is -0.464. The number of piperidine rings is 1. The number of aromatic nitrogens is 3. The fourth-order valence-electron chi connectivity index (χ4n) is 3.45. The maximum Gasteiger partial charge on any atom is 0.251 e. The van der Waals surface area contributed by atoms with Gasteiger partial charge in [-0.3, -0.25) is 14.9 Å². The quantitative estimate of drug-likeness (QED) is 0.671. The van der Waals surface area contributed by atoms with Crippen LogP contribution < -0.4 is 11.1 Å². The summed E-state index contributed by atoms with van der Waals surface area (Å²) >= 11 is 0. The maximum absolute atomic E-state index is 11.9. The molecule has 0 aliphatic carbocycles. The number of aromatic amines is 1. The van der Waals surface area contributed by atoms with Gasteiger partial charge in [-0.25, -0.2) is 0 Å². The summed E-state index contributed by atoms with van der Waals surface area (Å²) in [4.78, 5) is 16.1. The van der Waals surface area contributed by atoms with E-state index < -0.39 is 5.91 Å². The Morgan fingerprint density at radius 3 is 2.68 bits per heavy atom. The Kier molecular flexibility index (Phi) is 5.01. The van der Waals surface area contributed by atoms with Gasteiger partial charge in [-0.15, -0.1) is 12.4 Å².